The Labute approximate surface area is 143 Å². The zero-order valence-corrected chi connectivity index (χ0v) is 14.8. The molecule has 6 heteroatoms. The molecule has 0 atom stereocenters. The number of hydrogen-bond acceptors (Lipinski definition) is 1. The Morgan fingerprint density at radius 1 is 1.10 bits per heavy atom. The fourth-order valence-electron chi connectivity index (χ4n) is 1.68. The lowest BCUT2D eigenvalue weighted by atomic mass is 10.2. The van der Waals surface area contributed by atoms with Crippen molar-refractivity contribution in [3.8, 4) is 5.75 Å². The van der Waals surface area contributed by atoms with Crippen molar-refractivity contribution >= 4 is 55.1 Å². The van der Waals surface area contributed by atoms with Gasteiger partial charge >= 0.3 is 0 Å². The minimum atomic E-state index is -0.321. The Morgan fingerprint density at radius 2 is 1.85 bits per heavy atom. The van der Waals surface area contributed by atoms with Gasteiger partial charge in [0.25, 0.3) is 0 Å². The van der Waals surface area contributed by atoms with E-state index in [9.17, 15) is 4.39 Å². The van der Waals surface area contributed by atoms with Gasteiger partial charge in [-0.1, -0.05) is 55.1 Å². The van der Waals surface area contributed by atoms with Crippen molar-refractivity contribution in [2.45, 2.75) is 11.9 Å². The first-order valence-electron chi connectivity index (χ1n) is 5.62. The SMILES string of the molecule is Fc1ccc(Br)cc1COc1c(Cl)cc(Cl)cc1CBr. The van der Waals surface area contributed by atoms with Crippen LogP contribution in [0.2, 0.25) is 10.0 Å². The summed E-state index contributed by atoms with van der Waals surface area (Å²) >= 11 is 18.7. The Morgan fingerprint density at radius 3 is 2.55 bits per heavy atom. The fourth-order valence-corrected chi connectivity index (χ4v) is 3.09. The van der Waals surface area contributed by atoms with Crippen molar-refractivity contribution in [2.75, 3.05) is 0 Å². The molecule has 0 saturated heterocycles. The van der Waals surface area contributed by atoms with Crippen LogP contribution in [0.25, 0.3) is 0 Å². The number of halogens is 5. The molecular formula is C14H9Br2Cl2FO. The van der Waals surface area contributed by atoms with Gasteiger partial charge in [0.2, 0.25) is 0 Å². The third-order valence-electron chi connectivity index (χ3n) is 2.61. The van der Waals surface area contributed by atoms with Crippen LogP contribution < -0.4 is 4.74 Å². The van der Waals surface area contributed by atoms with Gasteiger partial charge in [0, 0.05) is 26.0 Å². The maximum atomic E-state index is 13.7. The quantitative estimate of drug-likeness (QED) is 0.500. The molecule has 2 aromatic rings. The topological polar surface area (TPSA) is 9.23 Å². The molecule has 0 fully saturated rings. The second-order valence-electron chi connectivity index (χ2n) is 4.03. The molecule has 2 rings (SSSR count). The molecule has 0 aliphatic carbocycles. The van der Waals surface area contributed by atoms with E-state index in [4.69, 9.17) is 27.9 Å². The molecule has 1 nitrogen and oxygen atoms in total. The van der Waals surface area contributed by atoms with Gasteiger partial charge < -0.3 is 4.74 Å². The first kappa shape index (κ1) is 16.1. The third kappa shape index (κ3) is 3.88. The summed E-state index contributed by atoms with van der Waals surface area (Å²) in [6.45, 7) is 0.0899. The van der Waals surface area contributed by atoms with Gasteiger partial charge in [-0.25, -0.2) is 4.39 Å². The molecule has 0 N–H and O–H groups in total. The highest BCUT2D eigenvalue weighted by Crippen LogP contribution is 2.34. The van der Waals surface area contributed by atoms with Gasteiger partial charge in [0.1, 0.15) is 18.2 Å². The van der Waals surface area contributed by atoms with E-state index in [0.29, 0.717) is 26.7 Å². The van der Waals surface area contributed by atoms with Crippen LogP contribution in [-0.2, 0) is 11.9 Å². The van der Waals surface area contributed by atoms with Crippen molar-refractivity contribution in [2.24, 2.45) is 0 Å². The number of hydrogen-bond donors (Lipinski definition) is 0. The van der Waals surface area contributed by atoms with Gasteiger partial charge in [-0.3, -0.25) is 0 Å². The standard InChI is InChI=1S/C14H9Br2Cl2FO/c15-6-8-4-11(17)5-12(18)14(8)20-7-9-3-10(16)1-2-13(9)19/h1-5H,6-7H2. The summed E-state index contributed by atoms with van der Waals surface area (Å²) in [6, 6.07) is 8.05. The minimum Gasteiger partial charge on any atom is -0.487 e. The second-order valence-corrected chi connectivity index (χ2v) is 6.35. The first-order chi connectivity index (χ1) is 9.51. The minimum absolute atomic E-state index is 0.0899. The van der Waals surface area contributed by atoms with E-state index in [2.05, 4.69) is 31.9 Å². The van der Waals surface area contributed by atoms with Crippen LogP contribution in [0.5, 0.6) is 5.75 Å². The zero-order valence-electron chi connectivity index (χ0n) is 10.1. The van der Waals surface area contributed by atoms with E-state index >= 15 is 0 Å². The van der Waals surface area contributed by atoms with Crippen LogP contribution in [0.1, 0.15) is 11.1 Å². The Kier molecular flexibility index (Phi) is 5.73. The van der Waals surface area contributed by atoms with Gasteiger partial charge in [0.15, 0.2) is 0 Å². The van der Waals surface area contributed by atoms with Crippen molar-refractivity contribution in [3.63, 3.8) is 0 Å². The summed E-state index contributed by atoms with van der Waals surface area (Å²) in [5.41, 5.74) is 1.27. The lowest BCUT2D eigenvalue weighted by molar-refractivity contribution is 0.298. The predicted octanol–water partition coefficient (Wildman–Crippen LogP) is 6.37. The molecule has 0 saturated carbocycles. The number of rotatable bonds is 4. The van der Waals surface area contributed by atoms with Crippen LogP contribution in [0, 0.1) is 5.82 Å². The van der Waals surface area contributed by atoms with Crippen molar-refractivity contribution in [1.29, 1.82) is 0 Å². The molecule has 0 spiro atoms. The predicted molar refractivity (Wildman–Crippen MR) is 87.5 cm³/mol. The highest BCUT2D eigenvalue weighted by atomic mass is 79.9. The third-order valence-corrected chi connectivity index (χ3v) is 4.21. The molecule has 0 aliphatic heterocycles. The van der Waals surface area contributed by atoms with Crippen molar-refractivity contribution < 1.29 is 9.13 Å². The van der Waals surface area contributed by atoms with Crippen LogP contribution in [-0.4, -0.2) is 0 Å². The maximum absolute atomic E-state index is 13.7. The number of benzene rings is 2. The van der Waals surface area contributed by atoms with Gasteiger partial charge in [-0.05, 0) is 30.3 Å². The summed E-state index contributed by atoms with van der Waals surface area (Å²) in [5, 5.41) is 1.48. The lowest BCUT2D eigenvalue weighted by Gasteiger charge is -2.13. The average Bonchev–Trinajstić information content (AvgIpc) is 2.40. The van der Waals surface area contributed by atoms with Crippen molar-refractivity contribution in [1.82, 2.24) is 0 Å². The molecule has 0 radical (unpaired) electrons. The van der Waals surface area contributed by atoms with E-state index in [1.807, 2.05) is 0 Å². The molecule has 2 aromatic carbocycles. The normalized spacial score (nSPS) is 10.7. The smallest absolute Gasteiger partial charge is 0.142 e. The second kappa shape index (κ2) is 7.12. The Bertz CT molecular complexity index is 635. The molecule has 20 heavy (non-hydrogen) atoms. The molecule has 106 valence electrons. The summed E-state index contributed by atoms with van der Waals surface area (Å²) in [7, 11) is 0. The van der Waals surface area contributed by atoms with E-state index in [1.165, 1.54) is 6.07 Å². The van der Waals surface area contributed by atoms with Crippen LogP contribution in [0.4, 0.5) is 4.39 Å². The van der Waals surface area contributed by atoms with E-state index in [1.54, 1.807) is 24.3 Å². The van der Waals surface area contributed by atoms with Crippen LogP contribution >= 0.6 is 55.1 Å². The zero-order chi connectivity index (χ0) is 14.7. The largest absolute Gasteiger partial charge is 0.487 e. The average molecular weight is 443 g/mol. The fraction of sp³-hybridized carbons (Fsp3) is 0.143. The van der Waals surface area contributed by atoms with Gasteiger partial charge in [-0.15, -0.1) is 0 Å². The summed E-state index contributed by atoms with van der Waals surface area (Å²) in [4.78, 5) is 0. The highest BCUT2D eigenvalue weighted by Gasteiger charge is 2.11. The molecule has 0 aromatic heterocycles. The monoisotopic (exact) mass is 440 g/mol. The Balaban J connectivity index is 2.25. The Hall–Kier alpha value is -0.290. The lowest BCUT2D eigenvalue weighted by Crippen LogP contribution is -2.01. The molecule has 0 bridgehead atoms. The molecule has 0 heterocycles. The van der Waals surface area contributed by atoms with Gasteiger partial charge in [-0.2, -0.15) is 0 Å². The molecule has 0 amide bonds. The summed E-state index contributed by atoms with van der Waals surface area (Å²) in [5.74, 6) is 0.186. The van der Waals surface area contributed by atoms with E-state index < -0.39 is 0 Å². The highest BCUT2D eigenvalue weighted by molar-refractivity contribution is 9.10. The molecule has 0 unspecified atom stereocenters. The van der Waals surface area contributed by atoms with E-state index in [0.717, 1.165) is 10.0 Å². The number of ether oxygens (including phenoxy) is 1. The first-order valence-corrected chi connectivity index (χ1v) is 8.29. The van der Waals surface area contributed by atoms with Crippen LogP contribution in [0.3, 0.4) is 0 Å². The maximum Gasteiger partial charge on any atom is 0.142 e. The number of alkyl halides is 1. The van der Waals surface area contributed by atoms with Crippen molar-refractivity contribution in [3.05, 3.63) is 61.8 Å². The van der Waals surface area contributed by atoms with Crippen LogP contribution in [0.15, 0.2) is 34.8 Å². The van der Waals surface area contributed by atoms with Gasteiger partial charge in [0.05, 0.1) is 5.02 Å². The summed E-state index contributed by atoms with van der Waals surface area (Å²) < 4.78 is 20.1. The summed E-state index contributed by atoms with van der Waals surface area (Å²) in [6.07, 6.45) is 0. The molecular weight excluding hydrogens is 434 g/mol. The van der Waals surface area contributed by atoms with E-state index in [-0.39, 0.29) is 12.4 Å². The molecule has 0 aliphatic rings.